The van der Waals surface area contributed by atoms with Gasteiger partial charge in [0.1, 0.15) is 11.9 Å². The number of hydrogen-bond donors (Lipinski definition) is 2. The number of halogens is 2. The lowest BCUT2D eigenvalue weighted by Gasteiger charge is -2.36. The molecule has 1 aliphatic heterocycles. The maximum Gasteiger partial charge on any atom is 0.339 e. The highest BCUT2D eigenvalue weighted by Crippen LogP contribution is 2.39. The fourth-order valence-corrected chi connectivity index (χ4v) is 4.75. The van der Waals surface area contributed by atoms with E-state index >= 15 is 4.39 Å². The Morgan fingerprint density at radius 1 is 1.12 bits per heavy atom. The fourth-order valence-electron chi connectivity index (χ4n) is 4.57. The number of esters is 1. The lowest BCUT2D eigenvalue weighted by molar-refractivity contribution is 0.0602. The average Bonchev–Trinajstić information content (AvgIpc) is 3.22. The van der Waals surface area contributed by atoms with E-state index in [2.05, 4.69) is 10.3 Å². The molecule has 2 amide bonds. The number of carbonyl (C=O) groups is 2. The number of para-hydroxylation sites is 1. The van der Waals surface area contributed by atoms with Crippen LogP contribution in [-0.4, -0.2) is 35.5 Å². The van der Waals surface area contributed by atoms with Crippen molar-refractivity contribution in [1.29, 1.82) is 0 Å². The van der Waals surface area contributed by atoms with Crippen LogP contribution in [-0.2, 0) is 11.2 Å². The lowest BCUT2D eigenvalue weighted by atomic mass is 9.92. The minimum atomic E-state index is -0.682. The first-order valence-electron chi connectivity index (χ1n) is 10.8. The highest BCUT2D eigenvalue weighted by Gasteiger charge is 2.36. The SMILES string of the molecule is COC(=O)c1ccc(Cl)cc1NC(=O)N1CCc2c([nH]c3ccccc23)[C@H]1c1ccccc1F. The molecule has 3 aromatic carbocycles. The molecule has 0 aliphatic carbocycles. The summed E-state index contributed by atoms with van der Waals surface area (Å²) in [5, 5.41) is 4.19. The van der Waals surface area contributed by atoms with Crippen molar-refractivity contribution in [1.82, 2.24) is 9.88 Å². The number of H-pyrrole nitrogens is 1. The summed E-state index contributed by atoms with van der Waals surface area (Å²) < 4.78 is 19.8. The standard InChI is InChI=1S/C26H21ClFN3O3/c1-34-25(32)19-11-10-15(27)14-22(19)30-26(33)31-13-12-17-16-6-3-5-9-21(16)29-23(17)24(31)18-7-2-4-8-20(18)28/h2-11,14,24,29H,12-13H2,1H3,(H,30,33)/t24-/m1/s1. The molecule has 8 heteroatoms. The molecule has 0 unspecified atom stereocenters. The molecule has 172 valence electrons. The van der Waals surface area contributed by atoms with E-state index in [0.717, 1.165) is 22.2 Å². The lowest BCUT2D eigenvalue weighted by Crippen LogP contribution is -2.43. The Bertz CT molecular complexity index is 1420. The number of fused-ring (bicyclic) bond motifs is 3. The number of hydrogen-bond acceptors (Lipinski definition) is 3. The van der Waals surface area contributed by atoms with Crippen LogP contribution in [0.5, 0.6) is 0 Å². The van der Waals surface area contributed by atoms with Gasteiger partial charge in [-0.15, -0.1) is 0 Å². The number of urea groups is 1. The number of nitrogens with zero attached hydrogens (tertiary/aromatic N) is 1. The molecule has 2 heterocycles. The van der Waals surface area contributed by atoms with Gasteiger partial charge in [0.15, 0.2) is 0 Å². The number of aromatic amines is 1. The topological polar surface area (TPSA) is 74.4 Å². The third-order valence-corrected chi connectivity index (χ3v) is 6.36. The van der Waals surface area contributed by atoms with Crippen LogP contribution in [0.15, 0.2) is 66.7 Å². The van der Waals surface area contributed by atoms with Gasteiger partial charge >= 0.3 is 12.0 Å². The van der Waals surface area contributed by atoms with Crippen LogP contribution in [0, 0.1) is 5.82 Å². The van der Waals surface area contributed by atoms with Gasteiger partial charge in [0.2, 0.25) is 0 Å². The van der Waals surface area contributed by atoms with E-state index in [0.29, 0.717) is 23.6 Å². The summed E-state index contributed by atoms with van der Waals surface area (Å²) in [5.74, 6) is -1.01. The van der Waals surface area contributed by atoms with Gasteiger partial charge in [0.25, 0.3) is 0 Å². The second-order valence-corrected chi connectivity index (χ2v) is 8.48. The van der Waals surface area contributed by atoms with Crippen LogP contribution < -0.4 is 5.32 Å². The number of aromatic nitrogens is 1. The summed E-state index contributed by atoms with van der Waals surface area (Å²) in [6.45, 7) is 0.355. The Morgan fingerprint density at radius 2 is 1.88 bits per heavy atom. The number of amides is 2. The first kappa shape index (κ1) is 22.0. The van der Waals surface area contributed by atoms with Crippen molar-refractivity contribution >= 4 is 40.2 Å². The number of methoxy groups -OCH3 is 1. The molecule has 2 N–H and O–H groups in total. The van der Waals surface area contributed by atoms with E-state index in [4.69, 9.17) is 16.3 Å². The molecule has 0 bridgehead atoms. The monoisotopic (exact) mass is 477 g/mol. The molecule has 1 aliphatic rings. The zero-order valence-corrected chi connectivity index (χ0v) is 19.0. The average molecular weight is 478 g/mol. The number of anilines is 1. The van der Waals surface area contributed by atoms with Gasteiger partial charge < -0.3 is 19.9 Å². The smallest absolute Gasteiger partial charge is 0.339 e. The van der Waals surface area contributed by atoms with Crippen molar-refractivity contribution in [3.8, 4) is 0 Å². The molecular formula is C26H21ClFN3O3. The maximum atomic E-state index is 15.0. The third-order valence-electron chi connectivity index (χ3n) is 6.12. The predicted molar refractivity (Wildman–Crippen MR) is 129 cm³/mol. The molecule has 0 spiro atoms. The van der Waals surface area contributed by atoms with Gasteiger partial charge in [-0.1, -0.05) is 48.0 Å². The number of ether oxygens (including phenoxy) is 1. The summed E-state index contributed by atoms with van der Waals surface area (Å²) in [7, 11) is 1.26. The number of rotatable bonds is 3. The quantitative estimate of drug-likeness (QED) is 0.359. The summed E-state index contributed by atoms with van der Waals surface area (Å²) in [5.41, 5.74) is 3.53. The molecule has 6 nitrogen and oxygen atoms in total. The molecule has 1 atom stereocenters. The van der Waals surface area contributed by atoms with Gasteiger partial charge in [0.05, 0.1) is 18.4 Å². The van der Waals surface area contributed by atoms with Crippen molar-refractivity contribution in [2.45, 2.75) is 12.5 Å². The van der Waals surface area contributed by atoms with Crippen LogP contribution in [0.25, 0.3) is 10.9 Å². The van der Waals surface area contributed by atoms with Crippen LogP contribution in [0.1, 0.15) is 33.2 Å². The van der Waals surface area contributed by atoms with E-state index < -0.39 is 23.9 Å². The zero-order valence-electron chi connectivity index (χ0n) is 18.3. The number of nitrogens with one attached hydrogen (secondary N) is 2. The van der Waals surface area contributed by atoms with Gasteiger partial charge in [0, 0.05) is 33.7 Å². The van der Waals surface area contributed by atoms with E-state index in [9.17, 15) is 9.59 Å². The molecule has 4 aromatic rings. The van der Waals surface area contributed by atoms with E-state index in [1.54, 1.807) is 29.2 Å². The van der Waals surface area contributed by atoms with E-state index in [1.165, 1.54) is 25.3 Å². The van der Waals surface area contributed by atoms with E-state index in [1.807, 2.05) is 24.3 Å². The number of benzene rings is 3. The van der Waals surface area contributed by atoms with Gasteiger partial charge in [-0.05, 0) is 42.3 Å². The Labute approximate surface area is 200 Å². The van der Waals surface area contributed by atoms with Crippen LogP contribution >= 0.6 is 11.6 Å². The molecule has 0 radical (unpaired) electrons. The molecule has 5 rings (SSSR count). The summed E-state index contributed by atoms with van der Waals surface area (Å²) in [6, 6.07) is 17.7. The van der Waals surface area contributed by atoms with Crippen molar-refractivity contribution in [3.05, 3.63) is 100.0 Å². The van der Waals surface area contributed by atoms with Crippen LogP contribution in [0.3, 0.4) is 0 Å². The Hall–Kier alpha value is -3.84. The first-order chi connectivity index (χ1) is 16.5. The van der Waals surface area contributed by atoms with Gasteiger partial charge in [-0.3, -0.25) is 0 Å². The zero-order chi connectivity index (χ0) is 23.8. The highest BCUT2D eigenvalue weighted by molar-refractivity contribution is 6.31. The maximum absolute atomic E-state index is 15.0. The molecule has 0 fully saturated rings. The molecule has 1 aromatic heterocycles. The summed E-state index contributed by atoms with van der Waals surface area (Å²) in [6.07, 6.45) is 0.594. The van der Waals surface area contributed by atoms with Crippen molar-refractivity contribution < 1.29 is 18.7 Å². The normalized spacial score (nSPS) is 15.1. The minimum Gasteiger partial charge on any atom is -0.465 e. The number of carbonyl (C=O) groups excluding carboxylic acids is 2. The van der Waals surface area contributed by atoms with Crippen LogP contribution in [0.2, 0.25) is 5.02 Å². The van der Waals surface area contributed by atoms with Crippen molar-refractivity contribution in [2.24, 2.45) is 0 Å². The Balaban J connectivity index is 1.59. The first-order valence-corrected chi connectivity index (χ1v) is 11.1. The van der Waals surface area contributed by atoms with E-state index in [-0.39, 0.29) is 11.3 Å². The largest absolute Gasteiger partial charge is 0.465 e. The summed E-state index contributed by atoms with van der Waals surface area (Å²) >= 11 is 6.12. The third kappa shape index (κ3) is 3.78. The van der Waals surface area contributed by atoms with Crippen molar-refractivity contribution in [3.63, 3.8) is 0 Å². The highest BCUT2D eigenvalue weighted by atomic mass is 35.5. The molecule has 0 saturated carbocycles. The van der Waals surface area contributed by atoms with Gasteiger partial charge in [-0.2, -0.15) is 0 Å². The Kier molecular flexibility index (Phi) is 5.71. The molecule has 34 heavy (non-hydrogen) atoms. The molecular weight excluding hydrogens is 457 g/mol. The second kappa shape index (κ2) is 8.83. The minimum absolute atomic E-state index is 0.172. The van der Waals surface area contributed by atoms with Gasteiger partial charge in [-0.25, -0.2) is 14.0 Å². The second-order valence-electron chi connectivity index (χ2n) is 8.04. The van der Waals surface area contributed by atoms with Crippen LogP contribution in [0.4, 0.5) is 14.9 Å². The predicted octanol–water partition coefficient (Wildman–Crippen LogP) is 5.93. The summed E-state index contributed by atoms with van der Waals surface area (Å²) in [4.78, 5) is 30.7. The fraction of sp³-hybridized carbons (Fsp3) is 0.154. The van der Waals surface area contributed by atoms with Crippen molar-refractivity contribution in [2.75, 3.05) is 19.0 Å². The molecule has 0 saturated heterocycles. The Morgan fingerprint density at radius 3 is 2.68 bits per heavy atom.